The van der Waals surface area contributed by atoms with Crippen LogP contribution in [0.4, 0.5) is 5.82 Å². The molecule has 0 aliphatic carbocycles. The van der Waals surface area contributed by atoms with Crippen LogP contribution < -0.4 is 10.2 Å². The molecule has 1 aromatic heterocycles. The van der Waals surface area contributed by atoms with Gasteiger partial charge in [0, 0.05) is 19.1 Å². The normalized spacial score (nSPS) is 19.4. The molecule has 1 aliphatic rings. The number of nitrogens with zero attached hydrogens (tertiary/aromatic N) is 2. The molecule has 0 radical (unpaired) electrons. The Balaban J connectivity index is 1.98. The van der Waals surface area contributed by atoms with Crippen LogP contribution in [0.15, 0.2) is 18.2 Å². The molecule has 1 saturated heterocycles. The smallest absolute Gasteiger partial charge is 0.129 e. The second-order valence-corrected chi connectivity index (χ2v) is 5.91. The van der Waals surface area contributed by atoms with E-state index < -0.39 is 0 Å². The van der Waals surface area contributed by atoms with Crippen molar-refractivity contribution in [2.75, 3.05) is 18.0 Å². The molecule has 19 heavy (non-hydrogen) atoms. The highest BCUT2D eigenvalue weighted by atomic mass is 15.2. The third kappa shape index (κ3) is 3.93. The molecule has 0 aromatic carbocycles. The van der Waals surface area contributed by atoms with Gasteiger partial charge in [-0.15, -0.1) is 0 Å². The summed E-state index contributed by atoms with van der Waals surface area (Å²) in [5.74, 6) is 1.85. The molecule has 2 heterocycles. The molecule has 0 bridgehead atoms. The summed E-state index contributed by atoms with van der Waals surface area (Å²) in [6, 6.07) is 7.10. The molecule has 3 nitrogen and oxygen atoms in total. The van der Waals surface area contributed by atoms with Gasteiger partial charge in [0.05, 0.1) is 5.69 Å². The Bertz CT molecular complexity index is 389. The highest BCUT2D eigenvalue weighted by molar-refractivity contribution is 5.41. The summed E-state index contributed by atoms with van der Waals surface area (Å²) in [5.41, 5.74) is 1.15. The number of hydrogen-bond acceptors (Lipinski definition) is 3. The molecule has 1 aromatic rings. The predicted octanol–water partition coefficient (Wildman–Crippen LogP) is 3.21. The SMILES string of the molecule is CCC1CCCN1c1cccc(CNCC(C)C)n1. The zero-order valence-electron chi connectivity index (χ0n) is 12.5. The highest BCUT2D eigenvalue weighted by Gasteiger charge is 2.23. The average Bonchev–Trinajstić information content (AvgIpc) is 2.87. The van der Waals surface area contributed by atoms with Gasteiger partial charge in [-0.05, 0) is 43.9 Å². The molecule has 1 unspecified atom stereocenters. The van der Waals surface area contributed by atoms with Crippen molar-refractivity contribution >= 4 is 5.82 Å². The second kappa shape index (κ2) is 6.90. The van der Waals surface area contributed by atoms with Crippen LogP contribution in [0.25, 0.3) is 0 Å². The predicted molar refractivity (Wildman–Crippen MR) is 81.4 cm³/mol. The van der Waals surface area contributed by atoms with Gasteiger partial charge >= 0.3 is 0 Å². The van der Waals surface area contributed by atoms with E-state index in [1.54, 1.807) is 0 Å². The molecule has 1 aliphatic heterocycles. The van der Waals surface area contributed by atoms with Gasteiger partial charge < -0.3 is 10.2 Å². The van der Waals surface area contributed by atoms with Gasteiger partial charge in [-0.3, -0.25) is 0 Å². The van der Waals surface area contributed by atoms with E-state index in [0.717, 1.165) is 31.1 Å². The van der Waals surface area contributed by atoms with Crippen LogP contribution in [0, 0.1) is 5.92 Å². The molecule has 3 heteroatoms. The lowest BCUT2D eigenvalue weighted by Crippen LogP contribution is -2.29. The van der Waals surface area contributed by atoms with E-state index in [2.05, 4.69) is 49.2 Å². The number of rotatable bonds is 6. The maximum absolute atomic E-state index is 4.81. The van der Waals surface area contributed by atoms with Gasteiger partial charge in [0.1, 0.15) is 5.82 Å². The largest absolute Gasteiger partial charge is 0.354 e. The second-order valence-electron chi connectivity index (χ2n) is 5.91. The number of pyridine rings is 1. The third-order valence-electron chi connectivity index (χ3n) is 3.79. The summed E-state index contributed by atoms with van der Waals surface area (Å²) in [5, 5.41) is 3.46. The van der Waals surface area contributed by atoms with E-state index in [4.69, 9.17) is 4.98 Å². The van der Waals surface area contributed by atoms with Gasteiger partial charge in [-0.1, -0.05) is 26.8 Å². The molecule has 1 atom stereocenters. The van der Waals surface area contributed by atoms with Crippen LogP contribution in [-0.2, 0) is 6.54 Å². The van der Waals surface area contributed by atoms with E-state index in [1.165, 1.54) is 19.3 Å². The Kier molecular flexibility index (Phi) is 5.20. The van der Waals surface area contributed by atoms with Gasteiger partial charge in [0.15, 0.2) is 0 Å². The van der Waals surface area contributed by atoms with Crippen molar-refractivity contribution in [3.05, 3.63) is 23.9 Å². The van der Waals surface area contributed by atoms with Crippen molar-refractivity contribution in [1.82, 2.24) is 10.3 Å². The standard InChI is InChI=1S/C16H27N3/c1-4-15-8-6-10-19(15)16-9-5-7-14(18-16)12-17-11-13(2)3/h5,7,9,13,15,17H,4,6,8,10-12H2,1-3H3. The Morgan fingerprint density at radius 2 is 2.26 bits per heavy atom. The molecular formula is C16H27N3. The van der Waals surface area contributed by atoms with Crippen LogP contribution >= 0.6 is 0 Å². The van der Waals surface area contributed by atoms with Gasteiger partial charge in [-0.2, -0.15) is 0 Å². The highest BCUT2D eigenvalue weighted by Crippen LogP contribution is 2.25. The zero-order valence-corrected chi connectivity index (χ0v) is 12.5. The molecule has 0 spiro atoms. The number of aromatic nitrogens is 1. The minimum atomic E-state index is 0.686. The van der Waals surface area contributed by atoms with Crippen molar-refractivity contribution in [3.8, 4) is 0 Å². The van der Waals surface area contributed by atoms with E-state index in [0.29, 0.717) is 12.0 Å². The first-order chi connectivity index (χ1) is 9.20. The summed E-state index contributed by atoms with van der Waals surface area (Å²) in [4.78, 5) is 7.29. The summed E-state index contributed by atoms with van der Waals surface area (Å²) >= 11 is 0. The zero-order chi connectivity index (χ0) is 13.7. The lowest BCUT2D eigenvalue weighted by molar-refractivity contribution is 0.547. The summed E-state index contributed by atoms with van der Waals surface area (Å²) in [6.07, 6.45) is 3.83. The van der Waals surface area contributed by atoms with Crippen LogP contribution in [0.1, 0.15) is 45.7 Å². The number of nitrogens with one attached hydrogen (secondary N) is 1. The van der Waals surface area contributed by atoms with E-state index in [-0.39, 0.29) is 0 Å². The first kappa shape index (κ1) is 14.3. The van der Waals surface area contributed by atoms with Crippen molar-refractivity contribution in [2.24, 2.45) is 5.92 Å². The molecule has 1 fully saturated rings. The monoisotopic (exact) mass is 261 g/mol. The van der Waals surface area contributed by atoms with Crippen LogP contribution in [-0.4, -0.2) is 24.1 Å². The Labute approximate surface area is 117 Å². The Hall–Kier alpha value is -1.09. The Morgan fingerprint density at radius 3 is 3.00 bits per heavy atom. The molecule has 106 valence electrons. The molecule has 1 N–H and O–H groups in total. The fourth-order valence-corrected chi connectivity index (χ4v) is 2.78. The van der Waals surface area contributed by atoms with Crippen molar-refractivity contribution in [1.29, 1.82) is 0 Å². The lowest BCUT2D eigenvalue weighted by Gasteiger charge is -2.25. The minimum absolute atomic E-state index is 0.686. The van der Waals surface area contributed by atoms with Crippen molar-refractivity contribution in [2.45, 2.75) is 52.6 Å². The van der Waals surface area contributed by atoms with Gasteiger partial charge in [0.25, 0.3) is 0 Å². The number of anilines is 1. The maximum atomic E-state index is 4.81. The third-order valence-corrected chi connectivity index (χ3v) is 3.79. The molecule has 0 saturated carbocycles. The fourth-order valence-electron chi connectivity index (χ4n) is 2.78. The van der Waals surface area contributed by atoms with E-state index in [9.17, 15) is 0 Å². The van der Waals surface area contributed by atoms with Gasteiger partial charge in [-0.25, -0.2) is 4.98 Å². The lowest BCUT2D eigenvalue weighted by atomic mass is 10.2. The van der Waals surface area contributed by atoms with Crippen LogP contribution in [0.3, 0.4) is 0 Å². The quantitative estimate of drug-likeness (QED) is 0.852. The summed E-state index contributed by atoms with van der Waals surface area (Å²) < 4.78 is 0. The first-order valence-electron chi connectivity index (χ1n) is 7.64. The minimum Gasteiger partial charge on any atom is -0.354 e. The average molecular weight is 261 g/mol. The summed E-state index contributed by atoms with van der Waals surface area (Å²) in [7, 11) is 0. The Morgan fingerprint density at radius 1 is 1.42 bits per heavy atom. The topological polar surface area (TPSA) is 28.2 Å². The van der Waals surface area contributed by atoms with E-state index in [1.807, 2.05) is 0 Å². The van der Waals surface area contributed by atoms with Crippen LogP contribution in [0.5, 0.6) is 0 Å². The number of hydrogen-bond donors (Lipinski definition) is 1. The molecular weight excluding hydrogens is 234 g/mol. The van der Waals surface area contributed by atoms with Crippen LogP contribution in [0.2, 0.25) is 0 Å². The van der Waals surface area contributed by atoms with Gasteiger partial charge in [0.2, 0.25) is 0 Å². The molecule has 0 amide bonds. The summed E-state index contributed by atoms with van der Waals surface area (Å²) in [6.45, 7) is 9.81. The first-order valence-corrected chi connectivity index (χ1v) is 7.64. The van der Waals surface area contributed by atoms with Crippen molar-refractivity contribution < 1.29 is 0 Å². The van der Waals surface area contributed by atoms with E-state index >= 15 is 0 Å². The fraction of sp³-hybridized carbons (Fsp3) is 0.688. The maximum Gasteiger partial charge on any atom is 0.129 e. The van der Waals surface area contributed by atoms with Crippen molar-refractivity contribution in [3.63, 3.8) is 0 Å². The molecule has 2 rings (SSSR count).